The molecule has 1 amide bonds. The lowest BCUT2D eigenvalue weighted by molar-refractivity contribution is -0.129. The number of fused-ring (bicyclic) bond motifs is 1. The van der Waals surface area contributed by atoms with Gasteiger partial charge in [-0.15, -0.1) is 0 Å². The van der Waals surface area contributed by atoms with Gasteiger partial charge in [0.05, 0.1) is 24.0 Å². The molecule has 0 atom stereocenters. The lowest BCUT2D eigenvalue weighted by Crippen LogP contribution is -2.38. The molecular weight excluding hydrogens is 268 g/mol. The minimum absolute atomic E-state index is 0.0446. The van der Waals surface area contributed by atoms with Crippen molar-refractivity contribution < 1.29 is 4.79 Å². The Balaban J connectivity index is 2.01. The molecule has 0 saturated heterocycles. The second kappa shape index (κ2) is 6.99. The van der Waals surface area contributed by atoms with Crippen LogP contribution in [0.1, 0.15) is 19.7 Å². The number of benzene rings is 1. The first-order chi connectivity index (χ1) is 10.2. The average molecular weight is 288 g/mol. The van der Waals surface area contributed by atoms with E-state index < -0.39 is 0 Å². The van der Waals surface area contributed by atoms with Gasteiger partial charge in [-0.3, -0.25) is 9.59 Å². The quantitative estimate of drug-likeness (QED) is 0.827. The van der Waals surface area contributed by atoms with Crippen molar-refractivity contribution in [3.63, 3.8) is 0 Å². The van der Waals surface area contributed by atoms with Gasteiger partial charge in [0.25, 0.3) is 5.56 Å². The molecule has 1 aromatic heterocycles. The first-order valence-electron chi connectivity index (χ1n) is 7.12. The summed E-state index contributed by atoms with van der Waals surface area (Å²) in [6.07, 6.45) is 0. The highest BCUT2D eigenvalue weighted by Crippen LogP contribution is 2.05. The van der Waals surface area contributed by atoms with Crippen LogP contribution in [0.4, 0.5) is 0 Å². The first-order valence-corrected chi connectivity index (χ1v) is 7.12. The van der Waals surface area contributed by atoms with E-state index in [4.69, 9.17) is 0 Å². The number of carbonyl (C=O) groups is 1. The Kier molecular flexibility index (Phi) is 5.05. The number of aromatic amines is 1. The van der Waals surface area contributed by atoms with Gasteiger partial charge in [0.15, 0.2) is 0 Å². The molecule has 0 spiro atoms. The predicted molar refractivity (Wildman–Crippen MR) is 82.0 cm³/mol. The van der Waals surface area contributed by atoms with Crippen molar-refractivity contribution in [2.75, 3.05) is 19.6 Å². The Morgan fingerprint density at radius 1 is 1.29 bits per heavy atom. The van der Waals surface area contributed by atoms with Crippen molar-refractivity contribution in [2.45, 2.75) is 20.4 Å². The number of para-hydroxylation sites is 1. The van der Waals surface area contributed by atoms with Crippen LogP contribution in [0.25, 0.3) is 10.9 Å². The number of likely N-dealkylation sites (N-methyl/N-ethyl adjacent to an activating group) is 1. The summed E-state index contributed by atoms with van der Waals surface area (Å²) >= 11 is 0. The van der Waals surface area contributed by atoms with Crippen molar-refractivity contribution in [3.05, 3.63) is 40.4 Å². The molecule has 0 radical (unpaired) electrons. The minimum atomic E-state index is -0.160. The average Bonchev–Trinajstić information content (AvgIpc) is 2.48. The second-order valence-electron chi connectivity index (χ2n) is 4.70. The lowest BCUT2D eigenvalue weighted by Gasteiger charge is -2.18. The van der Waals surface area contributed by atoms with Crippen LogP contribution >= 0.6 is 0 Å². The molecule has 0 aliphatic heterocycles. The Labute approximate surface area is 123 Å². The fourth-order valence-electron chi connectivity index (χ4n) is 2.19. The zero-order valence-electron chi connectivity index (χ0n) is 12.3. The highest BCUT2D eigenvalue weighted by Gasteiger charge is 2.09. The molecule has 1 heterocycles. The van der Waals surface area contributed by atoms with Gasteiger partial charge in [0.2, 0.25) is 5.91 Å². The van der Waals surface area contributed by atoms with Gasteiger partial charge in [-0.25, -0.2) is 4.98 Å². The molecule has 6 heteroatoms. The van der Waals surface area contributed by atoms with E-state index in [1.54, 1.807) is 23.1 Å². The molecule has 0 bridgehead atoms. The largest absolute Gasteiger partial charge is 0.342 e. The summed E-state index contributed by atoms with van der Waals surface area (Å²) in [5, 5.41) is 3.59. The summed E-state index contributed by atoms with van der Waals surface area (Å²) in [7, 11) is 0. The maximum Gasteiger partial charge on any atom is 0.258 e. The summed E-state index contributed by atoms with van der Waals surface area (Å²) in [4.78, 5) is 32.6. The van der Waals surface area contributed by atoms with Crippen molar-refractivity contribution in [3.8, 4) is 0 Å². The van der Waals surface area contributed by atoms with Crippen LogP contribution < -0.4 is 10.9 Å². The van der Waals surface area contributed by atoms with Gasteiger partial charge in [0.1, 0.15) is 5.82 Å². The van der Waals surface area contributed by atoms with Gasteiger partial charge in [-0.05, 0) is 26.0 Å². The van der Waals surface area contributed by atoms with Crippen LogP contribution in [-0.2, 0) is 11.3 Å². The third-order valence-electron chi connectivity index (χ3n) is 3.35. The zero-order chi connectivity index (χ0) is 15.2. The number of hydrogen-bond acceptors (Lipinski definition) is 4. The summed E-state index contributed by atoms with van der Waals surface area (Å²) in [6.45, 7) is 5.88. The van der Waals surface area contributed by atoms with E-state index in [-0.39, 0.29) is 18.0 Å². The van der Waals surface area contributed by atoms with E-state index in [0.29, 0.717) is 36.4 Å². The van der Waals surface area contributed by atoms with Crippen LogP contribution in [0.5, 0.6) is 0 Å². The summed E-state index contributed by atoms with van der Waals surface area (Å²) in [5.74, 6) is 0.578. The molecule has 0 fully saturated rings. The van der Waals surface area contributed by atoms with Crippen LogP contribution in [0, 0.1) is 0 Å². The molecule has 0 saturated carbocycles. The Hall–Kier alpha value is -2.21. The molecule has 112 valence electrons. The Morgan fingerprint density at radius 3 is 2.71 bits per heavy atom. The highest BCUT2D eigenvalue weighted by molar-refractivity contribution is 5.78. The van der Waals surface area contributed by atoms with E-state index in [9.17, 15) is 9.59 Å². The summed E-state index contributed by atoms with van der Waals surface area (Å²) in [6, 6.07) is 7.19. The van der Waals surface area contributed by atoms with Crippen LogP contribution in [-0.4, -0.2) is 40.4 Å². The second-order valence-corrected chi connectivity index (χ2v) is 4.70. The standard InChI is InChI=1S/C15H20N4O2/c1-3-19(4-2)14(20)10-16-9-13-17-12-8-6-5-7-11(12)15(21)18-13/h5-8,16H,3-4,9-10H2,1-2H3,(H,17,18,21). The number of rotatable bonds is 6. The Bertz CT molecular complexity index is 677. The fraction of sp³-hybridized carbons (Fsp3) is 0.400. The molecule has 2 rings (SSSR count). The summed E-state index contributed by atoms with van der Waals surface area (Å²) < 4.78 is 0. The molecule has 0 unspecified atom stereocenters. The monoisotopic (exact) mass is 288 g/mol. The van der Waals surface area contributed by atoms with Crippen LogP contribution in [0.3, 0.4) is 0 Å². The fourth-order valence-corrected chi connectivity index (χ4v) is 2.19. The smallest absolute Gasteiger partial charge is 0.258 e. The first kappa shape index (κ1) is 15.2. The number of carbonyl (C=O) groups excluding carboxylic acids is 1. The number of hydrogen-bond donors (Lipinski definition) is 2. The molecule has 2 aromatic rings. The van der Waals surface area contributed by atoms with Crippen molar-refractivity contribution in [1.29, 1.82) is 0 Å². The molecule has 0 aliphatic carbocycles. The predicted octanol–water partition coefficient (Wildman–Crippen LogP) is 0.881. The highest BCUT2D eigenvalue weighted by atomic mass is 16.2. The van der Waals surface area contributed by atoms with Crippen LogP contribution in [0.15, 0.2) is 29.1 Å². The van der Waals surface area contributed by atoms with E-state index in [1.165, 1.54) is 0 Å². The third-order valence-corrected chi connectivity index (χ3v) is 3.35. The zero-order valence-corrected chi connectivity index (χ0v) is 12.3. The molecule has 21 heavy (non-hydrogen) atoms. The van der Waals surface area contributed by atoms with Crippen LogP contribution in [0.2, 0.25) is 0 Å². The number of nitrogens with one attached hydrogen (secondary N) is 2. The van der Waals surface area contributed by atoms with Gasteiger partial charge in [0, 0.05) is 13.1 Å². The minimum Gasteiger partial charge on any atom is -0.342 e. The Morgan fingerprint density at radius 2 is 2.00 bits per heavy atom. The number of nitrogens with zero attached hydrogens (tertiary/aromatic N) is 2. The van der Waals surface area contributed by atoms with Crippen molar-refractivity contribution in [1.82, 2.24) is 20.2 Å². The number of aromatic nitrogens is 2. The van der Waals surface area contributed by atoms with Gasteiger partial charge < -0.3 is 15.2 Å². The van der Waals surface area contributed by atoms with Crippen molar-refractivity contribution in [2.24, 2.45) is 0 Å². The third kappa shape index (κ3) is 3.66. The molecule has 1 aromatic carbocycles. The topological polar surface area (TPSA) is 78.1 Å². The molecular formula is C15H20N4O2. The maximum absolute atomic E-state index is 11.9. The van der Waals surface area contributed by atoms with E-state index in [2.05, 4.69) is 15.3 Å². The normalized spacial score (nSPS) is 10.8. The van der Waals surface area contributed by atoms with Crippen molar-refractivity contribution >= 4 is 16.8 Å². The molecule has 0 aliphatic rings. The van der Waals surface area contributed by atoms with E-state index in [0.717, 1.165) is 0 Å². The number of amides is 1. The maximum atomic E-state index is 11.9. The molecule has 2 N–H and O–H groups in total. The molecule has 6 nitrogen and oxygen atoms in total. The SMILES string of the molecule is CCN(CC)C(=O)CNCc1nc2ccccc2c(=O)[nH]1. The van der Waals surface area contributed by atoms with Gasteiger partial charge in [-0.2, -0.15) is 0 Å². The lowest BCUT2D eigenvalue weighted by atomic mass is 10.2. The van der Waals surface area contributed by atoms with Gasteiger partial charge >= 0.3 is 0 Å². The number of H-pyrrole nitrogens is 1. The van der Waals surface area contributed by atoms with Gasteiger partial charge in [-0.1, -0.05) is 12.1 Å². The van der Waals surface area contributed by atoms with E-state index >= 15 is 0 Å². The van der Waals surface area contributed by atoms with E-state index in [1.807, 2.05) is 19.9 Å². The summed E-state index contributed by atoms with van der Waals surface area (Å²) in [5.41, 5.74) is 0.501.